The monoisotopic (exact) mass is 480 g/mol. The number of unbranched alkanes of at least 4 members (excludes halogenated alkanes) is 3. The van der Waals surface area contributed by atoms with Crippen LogP contribution in [0, 0.1) is 23.7 Å². The molecule has 0 aromatic heterocycles. The number of hydrogen-bond donors (Lipinski definition) is 0. The van der Waals surface area contributed by atoms with Crippen molar-refractivity contribution in [2.75, 3.05) is 20.4 Å². The molecule has 0 radical (unpaired) electrons. The van der Waals surface area contributed by atoms with Gasteiger partial charge in [-0.15, -0.1) is 0 Å². The highest BCUT2D eigenvalue weighted by molar-refractivity contribution is 5.38. The van der Waals surface area contributed by atoms with Gasteiger partial charge in [0, 0.05) is 6.07 Å². The Bertz CT molecular complexity index is 683. The van der Waals surface area contributed by atoms with Crippen molar-refractivity contribution in [3.05, 3.63) is 35.9 Å². The molecule has 34 heavy (non-hydrogen) atoms. The fourth-order valence-electron chi connectivity index (χ4n) is 6.02. The highest BCUT2D eigenvalue weighted by Gasteiger charge is 2.30. The lowest BCUT2D eigenvalue weighted by Gasteiger charge is -2.37. The molecule has 0 saturated heterocycles. The van der Waals surface area contributed by atoms with Gasteiger partial charge in [0.25, 0.3) is 0 Å². The number of benzene rings is 1. The van der Waals surface area contributed by atoms with E-state index in [9.17, 15) is 13.2 Å². The molecule has 1 aromatic rings. The number of ether oxygens (including phenoxy) is 2. The van der Waals surface area contributed by atoms with Crippen LogP contribution in [0.25, 0.3) is 0 Å². The summed E-state index contributed by atoms with van der Waals surface area (Å²) in [5.74, 6) is 4.04. The zero-order valence-electron chi connectivity index (χ0n) is 20.7. The van der Waals surface area contributed by atoms with Crippen LogP contribution in [0.1, 0.15) is 89.0 Å². The Hall–Kier alpha value is -1.65. The first-order chi connectivity index (χ1) is 16.7. The molecule has 0 amide bonds. The van der Waals surface area contributed by atoms with Crippen LogP contribution in [-0.2, 0) is 6.42 Å². The van der Waals surface area contributed by atoms with Crippen molar-refractivity contribution in [1.82, 2.24) is 0 Å². The van der Waals surface area contributed by atoms with Gasteiger partial charge in [0.15, 0.2) is 0 Å². The summed E-state index contributed by atoms with van der Waals surface area (Å²) in [5, 5.41) is 0. The van der Waals surface area contributed by atoms with Crippen LogP contribution in [0.5, 0.6) is 11.5 Å². The molecule has 0 bridgehead atoms. The van der Waals surface area contributed by atoms with Crippen LogP contribution in [0.15, 0.2) is 30.4 Å². The number of halogens is 3. The SMILES string of the molecule is FCCCCC/C=C/[C@H]1CC[C@H](C2CCC(CCc3cc(OCF)cc(OCF)c3)CC2)CC1. The van der Waals surface area contributed by atoms with E-state index in [-0.39, 0.29) is 6.67 Å². The average molecular weight is 481 g/mol. The van der Waals surface area contributed by atoms with Gasteiger partial charge in [0.1, 0.15) is 11.5 Å². The highest BCUT2D eigenvalue weighted by atomic mass is 19.1. The summed E-state index contributed by atoms with van der Waals surface area (Å²) >= 11 is 0. The molecule has 2 aliphatic carbocycles. The molecule has 5 heteroatoms. The molecule has 0 N–H and O–H groups in total. The van der Waals surface area contributed by atoms with Crippen molar-refractivity contribution in [2.45, 2.75) is 89.9 Å². The molecule has 2 nitrogen and oxygen atoms in total. The van der Waals surface area contributed by atoms with Gasteiger partial charge in [0.05, 0.1) is 6.67 Å². The predicted octanol–water partition coefficient (Wildman–Crippen LogP) is 8.93. The zero-order chi connectivity index (χ0) is 24.0. The maximum Gasteiger partial charge on any atom is 0.228 e. The number of aryl methyl sites for hydroxylation is 1. The van der Waals surface area contributed by atoms with E-state index in [1.165, 1.54) is 57.4 Å². The van der Waals surface area contributed by atoms with Crippen molar-refractivity contribution < 1.29 is 22.6 Å². The Morgan fingerprint density at radius 2 is 1.35 bits per heavy atom. The summed E-state index contributed by atoms with van der Waals surface area (Å²) in [6, 6.07) is 5.22. The molecule has 2 fully saturated rings. The Balaban J connectivity index is 1.35. The molecule has 0 heterocycles. The largest absolute Gasteiger partial charge is 0.463 e. The Morgan fingerprint density at radius 1 is 0.735 bits per heavy atom. The third-order valence-electron chi connectivity index (χ3n) is 8.01. The molecule has 0 aliphatic heterocycles. The third kappa shape index (κ3) is 9.19. The normalized spacial score (nSPS) is 25.5. The average Bonchev–Trinajstić information content (AvgIpc) is 2.86. The molecule has 0 spiro atoms. The van der Waals surface area contributed by atoms with E-state index in [0.29, 0.717) is 17.9 Å². The molecular formula is C29H43F3O2. The second-order valence-corrected chi connectivity index (χ2v) is 10.3. The summed E-state index contributed by atoms with van der Waals surface area (Å²) in [6.07, 6.45) is 21.3. The van der Waals surface area contributed by atoms with Crippen LogP contribution >= 0.6 is 0 Å². The zero-order valence-corrected chi connectivity index (χ0v) is 20.7. The first-order valence-corrected chi connectivity index (χ1v) is 13.5. The van der Waals surface area contributed by atoms with Gasteiger partial charge in [-0.25, -0.2) is 8.78 Å². The van der Waals surface area contributed by atoms with E-state index >= 15 is 0 Å². The van der Waals surface area contributed by atoms with Gasteiger partial charge in [-0.1, -0.05) is 31.4 Å². The fraction of sp³-hybridized carbons (Fsp3) is 0.724. The summed E-state index contributed by atoms with van der Waals surface area (Å²) in [4.78, 5) is 0. The van der Waals surface area contributed by atoms with Crippen molar-refractivity contribution >= 4 is 0 Å². The predicted molar refractivity (Wildman–Crippen MR) is 132 cm³/mol. The maximum atomic E-state index is 12.6. The van der Waals surface area contributed by atoms with Crippen LogP contribution in [-0.4, -0.2) is 20.4 Å². The van der Waals surface area contributed by atoms with Gasteiger partial charge >= 0.3 is 0 Å². The first-order valence-electron chi connectivity index (χ1n) is 13.5. The number of hydrogen-bond acceptors (Lipinski definition) is 2. The van der Waals surface area contributed by atoms with Crippen molar-refractivity contribution in [3.8, 4) is 11.5 Å². The van der Waals surface area contributed by atoms with Crippen molar-refractivity contribution in [1.29, 1.82) is 0 Å². The molecule has 0 atom stereocenters. The summed E-state index contributed by atoms with van der Waals surface area (Å²) in [6.45, 7) is -1.98. The minimum atomic E-state index is -0.900. The molecule has 0 unspecified atom stereocenters. The lowest BCUT2D eigenvalue weighted by Crippen LogP contribution is -2.25. The van der Waals surface area contributed by atoms with E-state index in [0.717, 1.165) is 61.3 Å². The smallest absolute Gasteiger partial charge is 0.228 e. The number of rotatable bonds is 14. The topological polar surface area (TPSA) is 18.5 Å². The second-order valence-electron chi connectivity index (χ2n) is 10.3. The quantitative estimate of drug-likeness (QED) is 0.195. The van der Waals surface area contributed by atoms with E-state index < -0.39 is 13.7 Å². The van der Waals surface area contributed by atoms with Crippen LogP contribution < -0.4 is 9.47 Å². The van der Waals surface area contributed by atoms with E-state index in [2.05, 4.69) is 12.2 Å². The number of alkyl halides is 3. The van der Waals surface area contributed by atoms with Gasteiger partial charge in [0.2, 0.25) is 13.7 Å². The standard InChI is InChI=1S/C29H43F3O2/c30-17-5-3-1-2-4-6-23-9-13-26(14-10-23)27-15-11-24(12-16-27)7-8-25-18-28(33-21-31)20-29(19-25)34-22-32/h4,6,18-20,23-24,26-27H,1-3,5,7-17,21-22H2/b6-4+/t23-,24?,26-,27?. The molecule has 1 aromatic carbocycles. The maximum absolute atomic E-state index is 12.6. The number of allylic oxidation sites excluding steroid dienone is 2. The fourth-order valence-corrected chi connectivity index (χ4v) is 6.02. The Morgan fingerprint density at radius 3 is 1.94 bits per heavy atom. The van der Waals surface area contributed by atoms with Gasteiger partial charge in [-0.05, 0) is 112 Å². The van der Waals surface area contributed by atoms with E-state index in [4.69, 9.17) is 9.47 Å². The first kappa shape index (κ1) is 26.9. The lowest BCUT2D eigenvalue weighted by molar-refractivity contribution is 0.152. The second kappa shape index (κ2) is 15.4. The minimum Gasteiger partial charge on any atom is -0.463 e. The molecule has 2 saturated carbocycles. The van der Waals surface area contributed by atoms with Gasteiger partial charge in [-0.3, -0.25) is 4.39 Å². The van der Waals surface area contributed by atoms with Gasteiger partial charge in [-0.2, -0.15) is 0 Å². The van der Waals surface area contributed by atoms with Crippen LogP contribution in [0.2, 0.25) is 0 Å². The van der Waals surface area contributed by atoms with Crippen LogP contribution in [0.4, 0.5) is 13.2 Å². The summed E-state index contributed by atoms with van der Waals surface area (Å²) < 4.78 is 47.2. The molecular weight excluding hydrogens is 437 g/mol. The van der Waals surface area contributed by atoms with Gasteiger partial charge < -0.3 is 9.47 Å². The summed E-state index contributed by atoms with van der Waals surface area (Å²) in [7, 11) is 0. The van der Waals surface area contributed by atoms with Crippen molar-refractivity contribution in [3.63, 3.8) is 0 Å². The molecule has 3 rings (SSSR count). The molecule has 192 valence electrons. The summed E-state index contributed by atoms with van der Waals surface area (Å²) in [5.41, 5.74) is 1.02. The van der Waals surface area contributed by atoms with Crippen LogP contribution in [0.3, 0.4) is 0 Å². The lowest BCUT2D eigenvalue weighted by atomic mass is 9.68. The van der Waals surface area contributed by atoms with E-state index in [1.54, 1.807) is 0 Å². The highest BCUT2D eigenvalue weighted by Crippen LogP contribution is 2.42. The van der Waals surface area contributed by atoms with E-state index in [1.807, 2.05) is 12.1 Å². The molecule has 2 aliphatic rings. The van der Waals surface area contributed by atoms with Crippen molar-refractivity contribution in [2.24, 2.45) is 23.7 Å². The Kier molecular flexibility index (Phi) is 12.2. The third-order valence-corrected chi connectivity index (χ3v) is 8.01. The minimum absolute atomic E-state index is 0.182. The Labute approximate surface area is 204 Å².